The maximum absolute atomic E-state index is 11.6. The largest absolute Gasteiger partial charge is 0.366 e. The molecule has 2 N–H and O–H groups in total. The van der Waals surface area contributed by atoms with Gasteiger partial charge in [-0.15, -0.1) is 0 Å². The van der Waals surface area contributed by atoms with Gasteiger partial charge >= 0.3 is 0 Å². The van der Waals surface area contributed by atoms with Crippen LogP contribution in [0.3, 0.4) is 0 Å². The second-order valence-corrected chi connectivity index (χ2v) is 5.30. The van der Waals surface area contributed by atoms with Crippen molar-refractivity contribution in [2.24, 2.45) is 5.73 Å². The van der Waals surface area contributed by atoms with Crippen LogP contribution < -0.4 is 5.73 Å². The average Bonchev–Trinajstić information content (AvgIpc) is 2.43. The quantitative estimate of drug-likeness (QED) is 0.719. The molecule has 0 fully saturated rings. The zero-order valence-corrected chi connectivity index (χ0v) is 11.6. The summed E-state index contributed by atoms with van der Waals surface area (Å²) in [4.78, 5) is 16.3. The molecule has 3 aromatic rings. The van der Waals surface area contributed by atoms with Crippen molar-refractivity contribution in [3.05, 3.63) is 53.6 Å². The van der Waals surface area contributed by atoms with Gasteiger partial charge in [-0.25, -0.2) is 4.98 Å². The summed E-state index contributed by atoms with van der Waals surface area (Å²) in [7, 11) is 0. The van der Waals surface area contributed by atoms with Gasteiger partial charge in [0, 0.05) is 10.8 Å². The van der Waals surface area contributed by atoms with Gasteiger partial charge in [0.15, 0.2) is 0 Å². The molecule has 100 valence electrons. The molecule has 0 aliphatic heterocycles. The third-order valence-corrected chi connectivity index (χ3v) is 3.59. The van der Waals surface area contributed by atoms with Gasteiger partial charge in [0.25, 0.3) is 5.91 Å². The molecular weight excluding hydrogens is 248 g/mol. The lowest BCUT2D eigenvalue weighted by atomic mass is 9.98. The van der Waals surface area contributed by atoms with E-state index in [-0.39, 0.29) is 0 Å². The van der Waals surface area contributed by atoms with Crippen LogP contribution in [0.4, 0.5) is 0 Å². The third-order valence-electron chi connectivity index (χ3n) is 3.59. The van der Waals surface area contributed by atoms with Gasteiger partial charge in [0.05, 0.1) is 16.6 Å². The summed E-state index contributed by atoms with van der Waals surface area (Å²) in [6.45, 7) is 4.28. The predicted octanol–water partition coefficient (Wildman–Crippen LogP) is 3.61. The van der Waals surface area contributed by atoms with Crippen LogP contribution in [-0.2, 0) is 0 Å². The third kappa shape index (κ3) is 1.92. The van der Waals surface area contributed by atoms with Crippen molar-refractivity contribution >= 4 is 27.7 Å². The van der Waals surface area contributed by atoms with E-state index in [1.54, 1.807) is 6.07 Å². The van der Waals surface area contributed by atoms with Crippen LogP contribution in [0.5, 0.6) is 0 Å². The second kappa shape index (κ2) is 4.60. The number of hydrogen-bond acceptors (Lipinski definition) is 2. The van der Waals surface area contributed by atoms with Gasteiger partial charge < -0.3 is 5.73 Å². The number of carbonyl (C=O) groups is 1. The molecule has 3 nitrogen and oxygen atoms in total. The molecule has 0 saturated carbocycles. The molecule has 20 heavy (non-hydrogen) atoms. The van der Waals surface area contributed by atoms with E-state index in [1.807, 2.05) is 24.3 Å². The van der Waals surface area contributed by atoms with E-state index in [2.05, 4.69) is 26.0 Å². The summed E-state index contributed by atoms with van der Waals surface area (Å²) in [6, 6.07) is 13.8. The molecule has 1 heterocycles. The Labute approximate surface area is 117 Å². The Morgan fingerprint density at radius 1 is 1.05 bits per heavy atom. The lowest BCUT2D eigenvalue weighted by molar-refractivity contribution is 0.100. The lowest BCUT2D eigenvalue weighted by Gasteiger charge is -2.11. The average molecular weight is 264 g/mol. The summed E-state index contributed by atoms with van der Waals surface area (Å²) in [5, 5.41) is 2.03. The molecule has 2 aromatic carbocycles. The van der Waals surface area contributed by atoms with Crippen LogP contribution in [-0.4, -0.2) is 10.9 Å². The van der Waals surface area contributed by atoms with E-state index in [4.69, 9.17) is 10.7 Å². The Hall–Kier alpha value is -2.42. The monoisotopic (exact) mass is 264 g/mol. The highest BCUT2D eigenvalue weighted by Crippen LogP contribution is 2.28. The first-order valence-corrected chi connectivity index (χ1v) is 6.70. The fourth-order valence-corrected chi connectivity index (χ4v) is 2.57. The smallest absolute Gasteiger partial charge is 0.250 e. The first kappa shape index (κ1) is 12.6. The highest BCUT2D eigenvalue weighted by Gasteiger charge is 2.11. The molecule has 0 aliphatic carbocycles. The number of nitrogens with two attached hydrogens (primary N) is 1. The number of rotatable bonds is 2. The van der Waals surface area contributed by atoms with Crippen molar-refractivity contribution in [1.82, 2.24) is 4.98 Å². The second-order valence-electron chi connectivity index (χ2n) is 5.30. The Bertz CT molecular complexity index is 822. The summed E-state index contributed by atoms with van der Waals surface area (Å²) in [5.74, 6) is -0.0612. The zero-order chi connectivity index (χ0) is 14.3. The van der Waals surface area contributed by atoms with Crippen LogP contribution in [0, 0.1) is 0 Å². The Balaban J connectivity index is 2.45. The maximum Gasteiger partial charge on any atom is 0.250 e. The molecule has 0 atom stereocenters. The van der Waals surface area contributed by atoms with Crippen LogP contribution in [0.2, 0.25) is 0 Å². The molecular formula is C17H16N2O. The molecule has 0 unspecified atom stereocenters. The van der Waals surface area contributed by atoms with E-state index in [0.29, 0.717) is 17.0 Å². The van der Waals surface area contributed by atoms with E-state index < -0.39 is 5.91 Å². The van der Waals surface area contributed by atoms with Gasteiger partial charge in [0.2, 0.25) is 0 Å². The van der Waals surface area contributed by atoms with Crippen molar-refractivity contribution in [1.29, 1.82) is 0 Å². The van der Waals surface area contributed by atoms with Crippen molar-refractivity contribution in [3.8, 4) is 0 Å². The highest BCUT2D eigenvalue weighted by molar-refractivity contribution is 6.07. The van der Waals surface area contributed by atoms with E-state index in [0.717, 1.165) is 16.3 Å². The number of carbonyl (C=O) groups excluding carboxylic acids is 1. The van der Waals surface area contributed by atoms with Crippen LogP contribution in [0.25, 0.3) is 21.8 Å². The maximum atomic E-state index is 11.6. The number of para-hydroxylation sites is 2. The number of hydrogen-bond donors (Lipinski definition) is 1. The molecule has 0 bridgehead atoms. The molecule has 0 spiro atoms. The predicted molar refractivity (Wildman–Crippen MR) is 81.9 cm³/mol. The Kier molecular flexibility index (Phi) is 2.90. The normalized spacial score (nSPS) is 11.3. The van der Waals surface area contributed by atoms with Crippen molar-refractivity contribution in [3.63, 3.8) is 0 Å². The van der Waals surface area contributed by atoms with Gasteiger partial charge in [-0.3, -0.25) is 4.79 Å². The number of fused-ring (bicyclic) bond motifs is 2. The number of amides is 1. The standard InChI is InChI=1S/C17H16N2O/c1-10(2)13-7-3-5-11-9-12-6-4-8-14(17(18)20)16(12)19-15(11)13/h3-10H,1-2H3,(H2,18,20). The van der Waals surface area contributed by atoms with Crippen LogP contribution in [0.1, 0.15) is 35.7 Å². The number of pyridine rings is 1. The van der Waals surface area contributed by atoms with Crippen molar-refractivity contribution < 1.29 is 4.79 Å². The summed E-state index contributed by atoms with van der Waals surface area (Å²) in [6.07, 6.45) is 0. The molecule has 3 heteroatoms. The minimum atomic E-state index is -0.440. The molecule has 1 amide bonds. The van der Waals surface area contributed by atoms with Gasteiger partial charge in [-0.2, -0.15) is 0 Å². The topological polar surface area (TPSA) is 56.0 Å². The lowest BCUT2D eigenvalue weighted by Crippen LogP contribution is -2.12. The number of aromatic nitrogens is 1. The number of nitrogens with zero attached hydrogens (tertiary/aromatic N) is 1. The van der Waals surface area contributed by atoms with Gasteiger partial charge in [-0.05, 0) is 23.6 Å². The summed E-state index contributed by atoms with van der Waals surface area (Å²) in [5.41, 5.74) is 8.73. The first-order chi connectivity index (χ1) is 9.58. The van der Waals surface area contributed by atoms with Crippen LogP contribution >= 0.6 is 0 Å². The summed E-state index contributed by atoms with van der Waals surface area (Å²) < 4.78 is 0. The van der Waals surface area contributed by atoms with E-state index >= 15 is 0 Å². The molecule has 0 aliphatic rings. The van der Waals surface area contributed by atoms with Gasteiger partial charge in [-0.1, -0.05) is 44.2 Å². The Morgan fingerprint density at radius 3 is 2.35 bits per heavy atom. The molecule has 3 rings (SSSR count). The van der Waals surface area contributed by atoms with E-state index in [9.17, 15) is 4.79 Å². The first-order valence-electron chi connectivity index (χ1n) is 6.70. The van der Waals surface area contributed by atoms with Gasteiger partial charge in [0.1, 0.15) is 0 Å². The summed E-state index contributed by atoms with van der Waals surface area (Å²) >= 11 is 0. The van der Waals surface area contributed by atoms with Crippen molar-refractivity contribution in [2.45, 2.75) is 19.8 Å². The number of primary amides is 1. The SMILES string of the molecule is CC(C)c1cccc2cc3cccc(C(N)=O)c3nc12. The minimum absolute atomic E-state index is 0.379. The molecule has 0 radical (unpaired) electrons. The molecule has 1 aromatic heterocycles. The minimum Gasteiger partial charge on any atom is -0.366 e. The molecule has 0 saturated heterocycles. The zero-order valence-electron chi connectivity index (χ0n) is 11.6. The van der Waals surface area contributed by atoms with Crippen molar-refractivity contribution in [2.75, 3.05) is 0 Å². The number of benzene rings is 2. The highest BCUT2D eigenvalue weighted by atomic mass is 16.1. The fraction of sp³-hybridized carbons (Fsp3) is 0.176. The van der Waals surface area contributed by atoms with Crippen LogP contribution in [0.15, 0.2) is 42.5 Å². The fourth-order valence-electron chi connectivity index (χ4n) is 2.57. The Morgan fingerprint density at radius 2 is 1.70 bits per heavy atom. The van der Waals surface area contributed by atoms with E-state index in [1.165, 1.54) is 5.56 Å².